The van der Waals surface area contributed by atoms with Gasteiger partial charge in [-0.2, -0.15) is 0 Å². The second kappa shape index (κ2) is 7.17. The van der Waals surface area contributed by atoms with E-state index in [-0.39, 0.29) is 5.75 Å². The molecule has 1 aromatic carbocycles. The van der Waals surface area contributed by atoms with Crippen molar-refractivity contribution in [3.8, 4) is 0 Å². The molecule has 0 unspecified atom stereocenters. The monoisotopic (exact) mass is 368 g/mol. The summed E-state index contributed by atoms with van der Waals surface area (Å²) in [5.74, 6) is 0.167. The molecule has 0 saturated heterocycles. The van der Waals surface area contributed by atoms with Crippen LogP contribution in [0, 0.1) is 3.57 Å². The van der Waals surface area contributed by atoms with Crippen LogP contribution in [-0.4, -0.2) is 27.8 Å². The molecule has 0 aromatic heterocycles. The minimum atomic E-state index is -3.21. The van der Waals surface area contributed by atoms with E-state index in [1.54, 1.807) is 12.1 Å². The summed E-state index contributed by atoms with van der Waals surface area (Å²) in [6.45, 7) is 0.846. The number of anilines is 1. The number of unbranched alkanes of at least 4 members (excludes halogenated alkanes) is 1. The van der Waals surface area contributed by atoms with Gasteiger partial charge >= 0.3 is 0 Å². The predicted octanol–water partition coefficient (Wildman–Crippen LogP) is 2.03. The smallest absolute Gasteiger partial charge is 0.232 e. The van der Waals surface area contributed by atoms with Gasteiger partial charge in [0.2, 0.25) is 10.0 Å². The lowest BCUT2D eigenvalue weighted by Crippen LogP contribution is -2.18. The van der Waals surface area contributed by atoms with Gasteiger partial charge in [-0.25, -0.2) is 8.42 Å². The minimum absolute atomic E-state index is 0.167. The van der Waals surface area contributed by atoms with Gasteiger partial charge in [0.25, 0.3) is 0 Å². The zero-order valence-electron chi connectivity index (χ0n) is 9.74. The normalized spacial score (nSPS) is 11.4. The van der Waals surface area contributed by atoms with E-state index in [4.69, 9.17) is 0 Å². The largest absolute Gasteiger partial charge is 0.320 e. The molecule has 0 spiro atoms. The Morgan fingerprint density at radius 2 is 1.82 bits per heavy atom. The number of benzene rings is 1. The lowest BCUT2D eigenvalue weighted by Gasteiger charge is -2.07. The van der Waals surface area contributed by atoms with Gasteiger partial charge in [0.05, 0.1) is 5.75 Å². The molecule has 0 heterocycles. The number of hydrogen-bond donors (Lipinski definition) is 2. The van der Waals surface area contributed by atoms with E-state index in [0.717, 1.165) is 16.5 Å². The van der Waals surface area contributed by atoms with Crippen molar-refractivity contribution < 1.29 is 8.42 Å². The molecular formula is C11H17IN2O2S. The molecule has 4 nitrogen and oxygen atoms in total. The molecule has 0 fully saturated rings. The van der Waals surface area contributed by atoms with Gasteiger partial charge in [0.15, 0.2) is 0 Å². The minimum Gasteiger partial charge on any atom is -0.320 e. The molecule has 0 atom stereocenters. The van der Waals surface area contributed by atoms with Crippen molar-refractivity contribution in [3.63, 3.8) is 0 Å². The molecule has 0 amide bonds. The zero-order valence-corrected chi connectivity index (χ0v) is 12.7. The molecule has 0 radical (unpaired) electrons. The van der Waals surface area contributed by atoms with Crippen molar-refractivity contribution in [2.75, 3.05) is 24.1 Å². The molecule has 0 bridgehead atoms. The molecule has 1 rings (SSSR count). The van der Waals surface area contributed by atoms with E-state index in [1.165, 1.54) is 0 Å². The second-order valence-corrected chi connectivity index (χ2v) is 6.83. The SMILES string of the molecule is CNCCCCS(=O)(=O)Nc1ccc(I)cc1. The first-order valence-electron chi connectivity index (χ1n) is 5.44. The summed E-state index contributed by atoms with van der Waals surface area (Å²) >= 11 is 2.18. The van der Waals surface area contributed by atoms with E-state index in [9.17, 15) is 8.42 Å². The Kier molecular flexibility index (Phi) is 6.21. The van der Waals surface area contributed by atoms with Gasteiger partial charge in [0, 0.05) is 9.26 Å². The van der Waals surface area contributed by atoms with Gasteiger partial charge in [-0.3, -0.25) is 4.72 Å². The fraction of sp³-hybridized carbons (Fsp3) is 0.455. The lowest BCUT2D eigenvalue weighted by molar-refractivity contribution is 0.595. The Morgan fingerprint density at radius 1 is 1.18 bits per heavy atom. The summed E-state index contributed by atoms with van der Waals surface area (Å²) in [4.78, 5) is 0. The van der Waals surface area contributed by atoms with E-state index in [1.807, 2.05) is 19.2 Å². The molecule has 0 aliphatic carbocycles. The molecule has 6 heteroatoms. The van der Waals surface area contributed by atoms with Crippen LogP contribution in [0.1, 0.15) is 12.8 Å². The molecular weight excluding hydrogens is 351 g/mol. The Bertz CT molecular complexity index is 431. The highest BCUT2D eigenvalue weighted by atomic mass is 127. The van der Waals surface area contributed by atoms with Gasteiger partial charge in [-0.1, -0.05) is 0 Å². The Morgan fingerprint density at radius 3 is 2.41 bits per heavy atom. The van der Waals surface area contributed by atoms with Crippen molar-refractivity contribution in [2.24, 2.45) is 0 Å². The van der Waals surface area contributed by atoms with E-state index < -0.39 is 10.0 Å². The Balaban J connectivity index is 2.46. The third kappa shape index (κ3) is 6.23. The van der Waals surface area contributed by atoms with E-state index >= 15 is 0 Å². The zero-order chi connectivity index (χ0) is 12.7. The van der Waals surface area contributed by atoms with Crippen molar-refractivity contribution in [1.82, 2.24) is 5.32 Å². The van der Waals surface area contributed by atoms with E-state index in [2.05, 4.69) is 32.6 Å². The van der Waals surface area contributed by atoms with Crippen LogP contribution in [0.25, 0.3) is 0 Å². The first-order chi connectivity index (χ1) is 8.03. The van der Waals surface area contributed by atoms with Gasteiger partial charge in [-0.15, -0.1) is 0 Å². The van der Waals surface area contributed by atoms with Gasteiger partial charge < -0.3 is 5.32 Å². The molecule has 0 aliphatic rings. The maximum absolute atomic E-state index is 11.7. The summed E-state index contributed by atoms with van der Waals surface area (Å²) in [6, 6.07) is 7.29. The molecule has 2 N–H and O–H groups in total. The molecule has 96 valence electrons. The van der Waals surface area contributed by atoms with Crippen LogP contribution < -0.4 is 10.0 Å². The third-order valence-electron chi connectivity index (χ3n) is 2.21. The van der Waals surface area contributed by atoms with E-state index in [0.29, 0.717) is 12.1 Å². The maximum Gasteiger partial charge on any atom is 0.232 e. The topological polar surface area (TPSA) is 58.2 Å². The van der Waals surface area contributed by atoms with Crippen LogP contribution in [0.4, 0.5) is 5.69 Å². The standard InChI is InChI=1S/C11H17IN2O2S/c1-13-8-2-3-9-17(15,16)14-11-6-4-10(12)5-7-11/h4-7,13-14H,2-3,8-9H2,1H3. The van der Waals surface area contributed by atoms with Gasteiger partial charge in [-0.05, 0) is 73.3 Å². The molecule has 0 aliphatic heterocycles. The number of nitrogens with one attached hydrogen (secondary N) is 2. The third-order valence-corrected chi connectivity index (χ3v) is 4.30. The maximum atomic E-state index is 11.7. The van der Waals surface area contributed by atoms with Crippen LogP contribution in [0.3, 0.4) is 0 Å². The summed E-state index contributed by atoms with van der Waals surface area (Å²) in [5, 5.41) is 2.99. The lowest BCUT2D eigenvalue weighted by atomic mass is 10.3. The van der Waals surface area contributed by atoms with Crippen molar-refractivity contribution in [3.05, 3.63) is 27.8 Å². The number of halogens is 1. The highest BCUT2D eigenvalue weighted by molar-refractivity contribution is 14.1. The van der Waals surface area contributed by atoms with Crippen LogP contribution >= 0.6 is 22.6 Å². The van der Waals surface area contributed by atoms with Gasteiger partial charge in [0.1, 0.15) is 0 Å². The predicted molar refractivity (Wildman–Crippen MR) is 79.7 cm³/mol. The summed E-state index contributed by atoms with van der Waals surface area (Å²) < 4.78 is 27.1. The Hall–Kier alpha value is -0.340. The second-order valence-electron chi connectivity index (χ2n) is 3.74. The van der Waals surface area contributed by atoms with Crippen molar-refractivity contribution in [2.45, 2.75) is 12.8 Å². The molecule has 1 aromatic rings. The Labute approximate surface area is 116 Å². The fourth-order valence-corrected chi connectivity index (χ4v) is 2.88. The van der Waals surface area contributed by atoms with Crippen LogP contribution in [-0.2, 0) is 10.0 Å². The summed E-state index contributed by atoms with van der Waals surface area (Å²) in [6.07, 6.45) is 1.53. The van der Waals surface area contributed by atoms with Crippen LogP contribution in [0.5, 0.6) is 0 Å². The molecule has 0 saturated carbocycles. The quantitative estimate of drug-likeness (QED) is 0.572. The molecule has 17 heavy (non-hydrogen) atoms. The highest BCUT2D eigenvalue weighted by Crippen LogP contribution is 2.13. The first-order valence-corrected chi connectivity index (χ1v) is 8.17. The van der Waals surface area contributed by atoms with Crippen molar-refractivity contribution >= 4 is 38.3 Å². The van der Waals surface area contributed by atoms with Crippen LogP contribution in [0.15, 0.2) is 24.3 Å². The fourth-order valence-electron chi connectivity index (χ4n) is 1.34. The number of sulfonamides is 1. The first kappa shape index (κ1) is 14.7. The summed E-state index contributed by atoms with van der Waals surface area (Å²) in [7, 11) is -1.35. The average Bonchev–Trinajstić information content (AvgIpc) is 2.27. The van der Waals surface area contributed by atoms with Crippen molar-refractivity contribution in [1.29, 1.82) is 0 Å². The highest BCUT2D eigenvalue weighted by Gasteiger charge is 2.09. The summed E-state index contributed by atoms with van der Waals surface area (Å²) in [5.41, 5.74) is 0.624. The number of hydrogen-bond acceptors (Lipinski definition) is 3. The average molecular weight is 368 g/mol. The number of rotatable bonds is 7. The van der Waals surface area contributed by atoms with Crippen LogP contribution in [0.2, 0.25) is 0 Å².